The SMILES string of the molecule is FC1(F)CC1Cn1ccnc1-c1cccs1. The maximum atomic E-state index is 12.8. The van der Waals surface area contributed by atoms with Gasteiger partial charge in [-0.25, -0.2) is 13.8 Å². The number of nitrogens with zero attached hydrogens (tertiary/aromatic N) is 2. The normalized spacial score (nSPS) is 22.2. The molecule has 1 unspecified atom stereocenters. The predicted molar refractivity (Wildman–Crippen MR) is 58.6 cm³/mol. The van der Waals surface area contributed by atoms with E-state index in [4.69, 9.17) is 0 Å². The number of imidazole rings is 1. The summed E-state index contributed by atoms with van der Waals surface area (Å²) < 4.78 is 27.5. The first-order valence-corrected chi connectivity index (χ1v) is 5.97. The van der Waals surface area contributed by atoms with E-state index in [0.29, 0.717) is 6.54 Å². The van der Waals surface area contributed by atoms with Gasteiger partial charge in [0.2, 0.25) is 0 Å². The molecule has 0 aliphatic heterocycles. The van der Waals surface area contributed by atoms with Crippen molar-refractivity contribution in [1.29, 1.82) is 0 Å². The van der Waals surface area contributed by atoms with Gasteiger partial charge in [0.15, 0.2) is 0 Å². The van der Waals surface area contributed by atoms with E-state index in [9.17, 15) is 8.78 Å². The molecule has 84 valence electrons. The molecule has 1 aliphatic carbocycles. The Labute approximate surface area is 95.6 Å². The van der Waals surface area contributed by atoms with Crippen LogP contribution in [0.15, 0.2) is 29.9 Å². The minimum Gasteiger partial charge on any atom is -0.330 e. The van der Waals surface area contributed by atoms with E-state index in [1.807, 2.05) is 22.1 Å². The average molecular weight is 240 g/mol. The quantitative estimate of drug-likeness (QED) is 0.805. The fourth-order valence-electron chi connectivity index (χ4n) is 1.79. The lowest BCUT2D eigenvalue weighted by atomic mass is 10.4. The molecule has 0 aromatic carbocycles. The summed E-state index contributed by atoms with van der Waals surface area (Å²) in [5, 5.41) is 1.96. The fraction of sp³-hybridized carbons (Fsp3) is 0.364. The van der Waals surface area contributed by atoms with Crippen LogP contribution in [0.2, 0.25) is 0 Å². The first-order chi connectivity index (χ1) is 7.67. The highest BCUT2D eigenvalue weighted by atomic mass is 32.1. The Morgan fingerprint density at radius 3 is 3.00 bits per heavy atom. The monoisotopic (exact) mass is 240 g/mol. The third-order valence-corrected chi connectivity index (χ3v) is 3.70. The highest BCUT2D eigenvalue weighted by molar-refractivity contribution is 7.13. The van der Waals surface area contributed by atoms with Crippen LogP contribution in [0.1, 0.15) is 6.42 Å². The van der Waals surface area contributed by atoms with Crippen LogP contribution in [0.4, 0.5) is 8.78 Å². The van der Waals surface area contributed by atoms with Gasteiger partial charge in [-0.05, 0) is 11.4 Å². The minimum atomic E-state index is -2.46. The van der Waals surface area contributed by atoms with E-state index in [1.165, 1.54) is 0 Å². The lowest BCUT2D eigenvalue weighted by molar-refractivity contribution is 0.0952. The van der Waals surface area contributed by atoms with Gasteiger partial charge in [-0.15, -0.1) is 11.3 Å². The zero-order valence-electron chi connectivity index (χ0n) is 8.44. The second kappa shape index (κ2) is 3.38. The summed E-state index contributed by atoms with van der Waals surface area (Å²) in [5.41, 5.74) is 0. The largest absolute Gasteiger partial charge is 0.330 e. The van der Waals surface area contributed by atoms with Crippen LogP contribution in [0.3, 0.4) is 0 Å². The van der Waals surface area contributed by atoms with Crippen molar-refractivity contribution in [3.63, 3.8) is 0 Å². The molecule has 1 fully saturated rings. The first-order valence-electron chi connectivity index (χ1n) is 5.10. The molecule has 0 N–H and O–H groups in total. The number of halogens is 2. The Kier molecular flexibility index (Phi) is 2.10. The van der Waals surface area contributed by atoms with Crippen LogP contribution >= 0.6 is 11.3 Å². The van der Waals surface area contributed by atoms with E-state index in [1.54, 1.807) is 23.7 Å². The second-order valence-electron chi connectivity index (χ2n) is 4.04. The third-order valence-electron chi connectivity index (χ3n) is 2.83. The molecule has 0 saturated heterocycles. The Morgan fingerprint density at radius 2 is 2.38 bits per heavy atom. The predicted octanol–water partition coefficient (Wildman–Crippen LogP) is 3.27. The molecule has 2 nitrogen and oxygen atoms in total. The van der Waals surface area contributed by atoms with Gasteiger partial charge in [-0.1, -0.05) is 6.07 Å². The van der Waals surface area contributed by atoms with Gasteiger partial charge in [-0.3, -0.25) is 0 Å². The molecule has 3 rings (SSSR count). The highest BCUT2D eigenvalue weighted by Crippen LogP contribution is 2.49. The Hall–Kier alpha value is -1.23. The van der Waals surface area contributed by atoms with Gasteiger partial charge >= 0.3 is 0 Å². The van der Waals surface area contributed by atoms with Gasteiger partial charge in [0, 0.05) is 31.3 Å². The lowest BCUT2D eigenvalue weighted by Crippen LogP contribution is -2.05. The van der Waals surface area contributed by atoms with Gasteiger partial charge in [0.25, 0.3) is 5.92 Å². The van der Waals surface area contributed by atoms with Gasteiger partial charge in [0.05, 0.1) is 4.88 Å². The third kappa shape index (κ3) is 1.65. The number of hydrogen-bond donors (Lipinski definition) is 0. The Bertz CT molecular complexity index is 490. The van der Waals surface area contributed by atoms with Crippen molar-refractivity contribution in [2.45, 2.75) is 18.9 Å². The van der Waals surface area contributed by atoms with Crippen LogP contribution in [0, 0.1) is 5.92 Å². The van der Waals surface area contributed by atoms with E-state index in [-0.39, 0.29) is 6.42 Å². The van der Waals surface area contributed by atoms with Crippen LogP contribution in [0.5, 0.6) is 0 Å². The van der Waals surface area contributed by atoms with Crippen LogP contribution in [-0.4, -0.2) is 15.5 Å². The number of thiophene rings is 1. The molecule has 0 amide bonds. The van der Waals surface area contributed by atoms with Crippen molar-refractivity contribution < 1.29 is 8.78 Å². The number of hydrogen-bond acceptors (Lipinski definition) is 2. The van der Waals surface area contributed by atoms with Gasteiger partial charge in [-0.2, -0.15) is 0 Å². The summed E-state index contributed by atoms with van der Waals surface area (Å²) in [6.45, 7) is 0.361. The minimum absolute atomic E-state index is 0.00899. The molecule has 2 heterocycles. The second-order valence-corrected chi connectivity index (χ2v) is 4.99. The highest BCUT2D eigenvalue weighted by Gasteiger charge is 2.56. The first kappa shape index (κ1) is 9.96. The van der Waals surface area contributed by atoms with Gasteiger partial charge < -0.3 is 4.57 Å². The summed E-state index contributed by atoms with van der Waals surface area (Å²) in [6.07, 6.45) is 3.44. The summed E-state index contributed by atoms with van der Waals surface area (Å²) in [4.78, 5) is 5.24. The van der Waals surface area contributed by atoms with Crippen molar-refractivity contribution in [2.75, 3.05) is 0 Å². The van der Waals surface area contributed by atoms with Crippen LogP contribution < -0.4 is 0 Å². The number of alkyl halides is 2. The zero-order valence-corrected chi connectivity index (χ0v) is 9.25. The molecule has 2 aromatic rings. The number of rotatable bonds is 3. The van der Waals surface area contributed by atoms with Crippen molar-refractivity contribution in [3.8, 4) is 10.7 Å². The van der Waals surface area contributed by atoms with Gasteiger partial charge in [0.1, 0.15) is 5.82 Å². The molecule has 16 heavy (non-hydrogen) atoms. The zero-order chi connectivity index (χ0) is 11.2. The molecule has 1 aliphatic rings. The maximum Gasteiger partial charge on any atom is 0.253 e. The fourth-order valence-corrected chi connectivity index (χ4v) is 2.53. The van der Waals surface area contributed by atoms with E-state index in [0.717, 1.165) is 10.7 Å². The Balaban J connectivity index is 1.84. The van der Waals surface area contributed by atoms with Crippen LogP contribution in [-0.2, 0) is 6.54 Å². The van der Waals surface area contributed by atoms with Crippen LogP contribution in [0.25, 0.3) is 10.7 Å². The summed E-state index contributed by atoms with van der Waals surface area (Å²) in [5.74, 6) is -2.19. The number of aromatic nitrogens is 2. The lowest BCUT2D eigenvalue weighted by Gasteiger charge is -2.05. The summed E-state index contributed by atoms with van der Waals surface area (Å²) in [6, 6.07) is 3.89. The summed E-state index contributed by atoms with van der Waals surface area (Å²) >= 11 is 1.57. The molecule has 2 aromatic heterocycles. The smallest absolute Gasteiger partial charge is 0.253 e. The maximum absolute atomic E-state index is 12.8. The molecule has 1 atom stereocenters. The summed E-state index contributed by atoms with van der Waals surface area (Å²) in [7, 11) is 0. The Morgan fingerprint density at radius 1 is 1.56 bits per heavy atom. The standard InChI is InChI=1S/C11H10F2N2S/c12-11(13)6-8(11)7-15-4-3-14-10(15)9-2-1-5-16-9/h1-5,8H,6-7H2. The topological polar surface area (TPSA) is 17.8 Å². The van der Waals surface area contributed by atoms with Crippen molar-refractivity contribution >= 4 is 11.3 Å². The van der Waals surface area contributed by atoms with E-state index in [2.05, 4.69) is 4.98 Å². The molecular formula is C11H10F2N2S. The molecule has 0 bridgehead atoms. The van der Waals surface area contributed by atoms with E-state index >= 15 is 0 Å². The van der Waals surface area contributed by atoms with Crippen molar-refractivity contribution in [1.82, 2.24) is 9.55 Å². The average Bonchev–Trinajstić information content (AvgIpc) is 2.66. The van der Waals surface area contributed by atoms with E-state index < -0.39 is 11.8 Å². The molecule has 5 heteroatoms. The molecular weight excluding hydrogens is 230 g/mol. The molecule has 0 spiro atoms. The molecule has 0 radical (unpaired) electrons. The van der Waals surface area contributed by atoms with Crippen molar-refractivity contribution in [2.24, 2.45) is 5.92 Å². The molecule has 1 saturated carbocycles. The van der Waals surface area contributed by atoms with Crippen molar-refractivity contribution in [3.05, 3.63) is 29.9 Å².